The molecule has 0 rings (SSSR count). The molecule has 0 heterocycles. The highest BCUT2D eigenvalue weighted by Gasteiger charge is 2.19. The van der Waals surface area contributed by atoms with Crippen LogP contribution in [0.4, 0.5) is 0 Å². The van der Waals surface area contributed by atoms with Gasteiger partial charge in [0.05, 0.1) is 12.2 Å². The molecule has 5 nitrogen and oxygen atoms in total. The first-order valence-corrected chi connectivity index (χ1v) is 7.34. The van der Waals surface area contributed by atoms with E-state index in [9.17, 15) is 9.59 Å². The predicted molar refractivity (Wildman–Crippen MR) is 89.8 cm³/mol. The fourth-order valence-corrected chi connectivity index (χ4v) is 1.55. The van der Waals surface area contributed by atoms with Crippen molar-refractivity contribution < 1.29 is 23.8 Å². The molecule has 0 saturated heterocycles. The van der Waals surface area contributed by atoms with Crippen LogP contribution in [0.3, 0.4) is 0 Å². The van der Waals surface area contributed by atoms with Crippen molar-refractivity contribution in [1.29, 1.82) is 0 Å². The number of ether oxygens (including phenoxy) is 3. The Labute approximate surface area is 138 Å². The van der Waals surface area contributed by atoms with Crippen molar-refractivity contribution in [3.63, 3.8) is 0 Å². The van der Waals surface area contributed by atoms with Gasteiger partial charge in [-0.1, -0.05) is 25.3 Å². The summed E-state index contributed by atoms with van der Waals surface area (Å²) in [5, 5.41) is 0. The zero-order valence-corrected chi connectivity index (χ0v) is 14.0. The van der Waals surface area contributed by atoms with Crippen LogP contribution in [0, 0.1) is 0 Å². The molecule has 23 heavy (non-hydrogen) atoms. The average molecular weight is 322 g/mol. The Bertz CT molecular complexity index is 422. The molecule has 0 fully saturated rings. The van der Waals surface area contributed by atoms with Gasteiger partial charge in [0.15, 0.2) is 0 Å². The number of hydrogen-bond acceptors (Lipinski definition) is 5. The Kier molecular flexibility index (Phi) is 10.4. The maximum atomic E-state index is 11.5. The van der Waals surface area contributed by atoms with E-state index in [1.54, 1.807) is 26.0 Å². The third-order valence-electron chi connectivity index (χ3n) is 2.74. The lowest BCUT2D eigenvalue weighted by molar-refractivity contribution is -0.150. The fourth-order valence-electron chi connectivity index (χ4n) is 1.55. The lowest BCUT2D eigenvalue weighted by Crippen LogP contribution is -2.31. The van der Waals surface area contributed by atoms with Crippen LogP contribution in [0.15, 0.2) is 49.6 Å². The second-order valence-electron chi connectivity index (χ2n) is 5.19. The summed E-state index contributed by atoms with van der Waals surface area (Å²) in [7, 11) is 0. The molecule has 0 saturated carbocycles. The van der Waals surface area contributed by atoms with Crippen molar-refractivity contribution >= 4 is 11.9 Å². The first-order valence-electron chi connectivity index (χ1n) is 7.34. The SMILES string of the molecule is C=CCC(COC(=O)C(=C)C)OC(CC=C)COC(=O)C(=C)C. The van der Waals surface area contributed by atoms with Crippen molar-refractivity contribution in [3.05, 3.63) is 49.6 Å². The Balaban J connectivity index is 4.61. The molecule has 2 atom stereocenters. The lowest BCUT2D eigenvalue weighted by atomic mass is 10.2. The Hall–Kier alpha value is -2.14. The van der Waals surface area contributed by atoms with Gasteiger partial charge in [0.25, 0.3) is 0 Å². The van der Waals surface area contributed by atoms with Crippen molar-refractivity contribution in [1.82, 2.24) is 0 Å². The average Bonchev–Trinajstić information content (AvgIpc) is 2.49. The van der Waals surface area contributed by atoms with Gasteiger partial charge in [-0.2, -0.15) is 0 Å². The highest BCUT2D eigenvalue weighted by Crippen LogP contribution is 2.11. The molecular formula is C18H26O5. The molecule has 0 aromatic carbocycles. The molecule has 0 bridgehead atoms. The van der Waals surface area contributed by atoms with Gasteiger partial charge < -0.3 is 14.2 Å². The van der Waals surface area contributed by atoms with E-state index in [-0.39, 0.29) is 25.4 Å². The van der Waals surface area contributed by atoms with E-state index >= 15 is 0 Å². The van der Waals surface area contributed by atoms with Gasteiger partial charge >= 0.3 is 11.9 Å². The highest BCUT2D eigenvalue weighted by molar-refractivity contribution is 5.87. The van der Waals surface area contributed by atoms with Crippen molar-refractivity contribution in [3.8, 4) is 0 Å². The van der Waals surface area contributed by atoms with Crippen LogP contribution in [0.5, 0.6) is 0 Å². The maximum Gasteiger partial charge on any atom is 0.333 e. The third-order valence-corrected chi connectivity index (χ3v) is 2.74. The van der Waals surface area contributed by atoms with E-state index in [2.05, 4.69) is 26.3 Å². The van der Waals surface area contributed by atoms with E-state index in [0.29, 0.717) is 24.0 Å². The van der Waals surface area contributed by atoms with Crippen LogP contribution in [0.25, 0.3) is 0 Å². The number of carbonyl (C=O) groups is 2. The summed E-state index contributed by atoms with van der Waals surface area (Å²) in [6.07, 6.45) is 3.55. The lowest BCUT2D eigenvalue weighted by Gasteiger charge is -2.23. The van der Waals surface area contributed by atoms with E-state index < -0.39 is 11.9 Å². The molecule has 0 N–H and O–H groups in total. The van der Waals surface area contributed by atoms with Gasteiger partial charge in [0.2, 0.25) is 0 Å². The Morgan fingerprint density at radius 1 is 0.870 bits per heavy atom. The van der Waals surface area contributed by atoms with Gasteiger partial charge in [-0.05, 0) is 26.7 Å². The van der Waals surface area contributed by atoms with Crippen LogP contribution in [0.2, 0.25) is 0 Å². The molecular weight excluding hydrogens is 296 g/mol. The number of hydrogen-bond donors (Lipinski definition) is 0. The van der Waals surface area contributed by atoms with Crippen LogP contribution in [0.1, 0.15) is 26.7 Å². The summed E-state index contributed by atoms with van der Waals surface area (Å²) in [6, 6.07) is 0. The zero-order chi connectivity index (χ0) is 17.8. The summed E-state index contributed by atoms with van der Waals surface area (Å²) in [6.45, 7) is 17.6. The van der Waals surface area contributed by atoms with E-state index in [4.69, 9.17) is 14.2 Å². The molecule has 128 valence electrons. The molecule has 0 aromatic heterocycles. The topological polar surface area (TPSA) is 61.8 Å². The quantitative estimate of drug-likeness (QED) is 0.314. The molecule has 0 aromatic rings. The van der Waals surface area contributed by atoms with Gasteiger partial charge in [-0.25, -0.2) is 9.59 Å². The van der Waals surface area contributed by atoms with Crippen molar-refractivity contribution in [2.45, 2.75) is 38.9 Å². The molecule has 2 unspecified atom stereocenters. The van der Waals surface area contributed by atoms with E-state index in [1.165, 1.54) is 0 Å². The molecule has 0 aliphatic heterocycles. The van der Waals surface area contributed by atoms with Gasteiger partial charge in [-0.15, -0.1) is 13.2 Å². The van der Waals surface area contributed by atoms with Crippen molar-refractivity contribution in [2.24, 2.45) is 0 Å². The van der Waals surface area contributed by atoms with Crippen LogP contribution in [-0.4, -0.2) is 37.4 Å². The third kappa shape index (κ3) is 9.47. The van der Waals surface area contributed by atoms with Gasteiger partial charge in [0, 0.05) is 11.1 Å². The minimum atomic E-state index is -0.475. The number of rotatable bonds is 12. The smallest absolute Gasteiger partial charge is 0.333 e. The Morgan fingerprint density at radius 3 is 1.48 bits per heavy atom. The minimum Gasteiger partial charge on any atom is -0.460 e. The molecule has 0 aliphatic rings. The number of esters is 2. The van der Waals surface area contributed by atoms with E-state index in [0.717, 1.165) is 0 Å². The van der Waals surface area contributed by atoms with Crippen molar-refractivity contribution in [2.75, 3.05) is 13.2 Å². The minimum absolute atomic E-state index is 0.0692. The highest BCUT2D eigenvalue weighted by atomic mass is 16.6. The van der Waals surface area contributed by atoms with Crippen LogP contribution in [-0.2, 0) is 23.8 Å². The summed E-state index contributed by atoms with van der Waals surface area (Å²) in [5.41, 5.74) is 0.640. The maximum absolute atomic E-state index is 11.5. The zero-order valence-electron chi connectivity index (χ0n) is 14.0. The molecule has 0 spiro atoms. The molecule has 0 amide bonds. The second-order valence-corrected chi connectivity index (χ2v) is 5.19. The summed E-state index contributed by atoms with van der Waals surface area (Å²) >= 11 is 0. The fraction of sp³-hybridized carbons (Fsp3) is 0.444. The van der Waals surface area contributed by atoms with Crippen LogP contribution < -0.4 is 0 Å². The van der Waals surface area contributed by atoms with Gasteiger partial charge in [-0.3, -0.25) is 0 Å². The van der Waals surface area contributed by atoms with E-state index in [1.807, 2.05) is 0 Å². The van der Waals surface area contributed by atoms with Crippen LogP contribution >= 0.6 is 0 Å². The first-order chi connectivity index (χ1) is 10.8. The largest absolute Gasteiger partial charge is 0.460 e. The second kappa shape index (κ2) is 11.4. The normalized spacial score (nSPS) is 12.6. The standard InChI is InChI=1S/C18H26O5/c1-7-9-15(11-21-17(19)13(3)4)23-16(10-8-2)12-22-18(20)14(5)6/h7-8,15-16H,1-3,5,9-12H2,4,6H3. The molecule has 0 radical (unpaired) electrons. The predicted octanol–water partition coefficient (Wildman–Crippen LogP) is 3.13. The monoisotopic (exact) mass is 322 g/mol. The summed E-state index contributed by atoms with van der Waals surface area (Å²) in [4.78, 5) is 22.9. The molecule has 0 aliphatic carbocycles. The molecule has 5 heteroatoms. The first kappa shape index (κ1) is 20.9. The summed E-state index contributed by atoms with van der Waals surface area (Å²) in [5.74, 6) is -0.951. The van der Waals surface area contributed by atoms with Gasteiger partial charge in [0.1, 0.15) is 13.2 Å². The number of carbonyl (C=O) groups excluding carboxylic acids is 2. The summed E-state index contributed by atoms with van der Waals surface area (Å²) < 4.78 is 16.0. The Morgan fingerprint density at radius 2 is 1.22 bits per heavy atom.